The fraction of sp³-hybridized carbons (Fsp3) is 0.444. The lowest BCUT2D eigenvalue weighted by molar-refractivity contribution is -0.124. The Hall–Kier alpha value is -2.14. The van der Waals surface area contributed by atoms with Crippen LogP contribution in [0.3, 0.4) is 0 Å². The molecule has 0 saturated heterocycles. The minimum absolute atomic E-state index is 0.0458. The van der Waals surface area contributed by atoms with E-state index in [4.69, 9.17) is 4.74 Å². The van der Waals surface area contributed by atoms with Crippen LogP contribution in [0.4, 0.5) is 0 Å². The molecule has 1 rings (SSSR count). The second kappa shape index (κ2) is 9.10. The number of benzene rings is 1. The van der Waals surface area contributed by atoms with Crippen LogP contribution < -0.4 is 10.6 Å². The summed E-state index contributed by atoms with van der Waals surface area (Å²) in [6, 6.07) is 8.06. The number of carbonyl (C=O) groups excluding carboxylic acids is 2. The number of nitrogens with one attached hydrogen (secondary N) is 2. The van der Waals surface area contributed by atoms with Crippen molar-refractivity contribution in [1.82, 2.24) is 10.6 Å². The molecule has 2 amide bonds. The highest BCUT2D eigenvalue weighted by Crippen LogP contribution is 2.22. The Morgan fingerprint density at radius 3 is 2.35 bits per heavy atom. The van der Waals surface area contributed by atoms with Crippen molar-refractivity contribution in [2.24, 2.45) is 0 Å². The Balaban J connectivity index is 2.42. The lowest BCUT2D eigenvalue weighted by Crippen LogP contribution is -2.37. The summed E-state index contributed by atoms with van der Waals surface area (Å²) in [5, 5.41) is 5.17. The minimum atomic E-state index is -0.299. The molecule has 0 aliphatic carbocycles. The van der Waals surface area contributed by atoms with Crippen LogP contribution in [0.25, 0.3) is 6.08 Å². The summed E-state index contributed by atoms with van der Waals surface area (Å²) >= 11 is 0. The van der Waals surface area contributed by atoms with Crippen LogP contribution in [0.5, 0.6) is 0 Å². The van der Waals surface area contributed by atoms with Crippen LogP contribution in [0, 0.1) is 0 Å². The van der Waals surface area contributed by atoms with E-state index in [0.717, 1.165) is 5.56 Å². The maximum Gasteiger partial charge on any atom is 0.244 e. The van der Waals surface area contributed by atoms with Gasteiger partial charge in [-0.15, -0.1) is 0 Å². The maximum absolute atomic E-state index is 11.7. The van der Waals surface area contributed by atoms with Gasteiger partial charge in [0.15, 0.2) is 0 Å². The Bertz CT molecular complexity index is 542. The summed E-state index contributed by atoms with van der Waals surface area (Å²) < 4.78 is 4.82. The predicted molar refractivity (Wildman–Crippen MR) is 92.1 cm³/mol. The van der Waals surface area contributed by atoms with Crippen molar-refractivity contribution >= 4 is 17.9 Å². The number of carbonyl (C=O) groups is 2. The highest BCUT2D eigenvalue weighted by Gasteiger charge is 2.12. The Kier molecular flexibility index (Phi) is 7.48. The molecule has 1 aromatic rings. The number of rotatable bonds is 7. The van der Waals surface area contributed by atoms with Gasteiger partial charge in [-0.1, -0.05) is 45.0 Å². The minimum Gasteiger partial charge on any atom is -0.383 e. The number of hydrogen-bond acceptors (Lipinski definition) is 3. The molecule has 0 aromatic heterocycles. The average molecular weight is 318 g/mol. The summed E-state index contributed by atoms with van der Waals surface area (Å²) in [5.41, 5.74) is 2.29. The van der Waals surface area contributed by atoms with Crippen molar-refractivity contribution in [2.45, 2.75) is 26.2 Å². The first-order chi connectivity index (χ1) is 10.8. The second-order valence-corrected chi connectivity index (χ2v) is 6.27. The predicted octanol–water partition coefficient (Wildman–Crippen LogP) is 1.88. The van der Waals surface area contributed by atoms with Crippen LogP contribution in [-0.4, -0.2) is 38.6 Å². The summed E-state index contributed by atoms with van der Waals surface area (Å²) in [6.45, 7) is 7.30. The first-order valence-electron chi connectivity index (χ1n) is 7.65. The van der Waals surface area contributed by atoms with Crippen molar-refractivity contribution in [3.05, 3.63) is 41.5 Å². The van der Waals surface area contributed by atoms with Gasteiger partial charge in [-0.05, 0) is 22.6 Å². The summed E-state index contributed by atoms with van der Waals surface area (Å²) in [6.07, 6.45) is 3.15. The number of ether oxygens (including phenoxy) is 1. The molecule has 0 fully saturated rings. The van der Waals surface area contributed by atoms with Crippen LogP contribution >= 0.6 is 0 Å². The van der Waals surface area contributed by atoms with E-state index in [1.807, 2.05) is 12.1 Å². The fourth-order valence-corrected chi connectivity index (χ4v) is 1.85. The summed E-state index contributed by atoms with van der Waals surface area (Å²) in [7, 11) is 1.56. The number of amides is 2. The molecule has 0 heterocycles. The average Bonchev–Trinajstić information content (AvgIpc) is 2.50. The molecule has 0 aliphatic heterocycles. The molecule has 126 valence electrons. The van der Waals surface area contributed by atoms with Gasteiger partial charge >= 0.3 is 0 Å². The lowest BCUT2D eigenvalue weighted by atomic mass is 9.87. The van der Waals surface area contributed by atoms with Gasteiger partial charge in [-0.3, -0.25) is 9.59 Å². The Morgan fingerprint density at radius 2 is 1.78 bits per heavy atom. The molecule has 2 N–H and O–H groups in total. The van der Waals surface area contributed by atoms with Gasteiger partial charge in [0.2, 0.25) is 11.8 Å². The molecule has 0 bridgehead atoms. The van der Waals surface area contributed by atoms with E-state index in [-0.39, 0.29) is 23.8 Å². The third-order valence-corrected chi connectivity index (χ3v) is 3.26. The normalized spacial score (nSPS) is 11.5. The van der Waals surface area contributed by atoms with Crippen molar-refractivity contribution < 1.29 is 14.3 Å². The van der Waals surface area contributed by atoms with E-state index in [9.17, 15) is 9.59 Å². The van der Waals surface area contributed by atoms with Crippen LogP contribution in [0.2, 0.25) is 0 Å². The molecule has 0 radical (unpaired) electrons. The topological polar surface area (TPSA) is 67.4 Å². The summed E-state index contributed by atoms with van der Waals surface area (Å²) in [5.74, 6) is -0.537. The standard InChI is InChI=1S/C18H26N2O3/c1-18(2,3)15-8-5-14(6-9-15)7-10-16(21)20-13-17(22)19-11-12-23-4/h5-10H,11-13H2,1-4H3,(H,19,22)(H,20,21). The van der Waals surface area contributed by atoms with E-state index in [0.29, 0.717) is 13.2 Å². The van der Waals surface area contributed by atoms with E-state index in [2.05, 4.69) is 43.5 Å². The van der Waals surface area contributed by atoms with Gasteiger partial charge < -0.3 is 15.4 Å². The monoisotopic (exact) mass is 318 g/mol. The van der Waals surface area contributed by atoms with Gasteiger partial charge in [-0.25, -0.2) is 0 Å². The molecule has 0 atom stereocenters. The lowest BCUT2D eigenvalue weighted by Gasteiger charge is -2.18. The van der Waals surface area contributed by atoms with Gasteiger partial charge in [0.1, 0.15) is 0 Å². The zero-order chi connectivity index (χ0) is 17.3. The van der Waals surface area contributed by atoms with E-state index < -0.39 is 0 Å². The molecular weight excluding hydrogens is 292 g/mol. The number of methoxy groups -OCH3 is 1. The largest absolute Gasteiger partial charge is 0.383 e. The van der Waals surface area contributed by atoms with Crippen LogP contribution in [-0.2, 0) is 19.7 Å². The molecular formula is C18H26N2O3. The van der Waals surface area contributed by atoms with Crippen LogP contribution in [0.15, 0.2) is 30.3 Å². The zero-order valence-corrected chi connectivity index (χ0v) is 14.3. The van der Waals surface area contributed by atoms with Gasteiger partial charge in [0.25, 0.3) is 0 Å². The molecule has 5 nitrogen and oxygen atoms in total. The molecule has 0 spiro atoms. The molecule has 0 aliphatic rings. The van der Waals surface area contributed by atoms with Gasteiger partial charge in [-0.2, -0.15) is 0 Å². The van der Waals surface area contributed by atoms with Crippen molar-refractivity contribution in [1.29, 1.82) is 0 Å². The highest BCUT2D eigenvalue weighted by molar-refractivity contribution is 5.94. The SMILES string of the molecule is COCCNC(=O)CNC(=O)C=Cc1ccc(C(C)(C)C)cc1. The molecule has 0 unspecified atom stereocenters. The fourth-order valence-electron chi connectivity index (χ4n) is 1.85. The zero-order valence-electron chi connectivity index (χ0n) is 14.3. The molecule has 1 aromatic carbocycles. The first-order valence-corrected chi connectivity index (χ1v) is 7.65. The summed E-state index contributed by atoms with van der Waals surface area (Å²) in [4.78, 5) is 23.1. The molecule has 0 saturated carbocycles. The quantitative estimate of drug-likeness (QED) is 0.596. The third kappa shape index (κ3) is 7.61. The van der Waals surface area contributed by atoms with Gasteiger partial charge in [0, 0.05) is 19.7 Å². The second-order valence-electron chi connectivity index (χ2n) is 6.27. The highest BCUT2D eigenvalue weighted by atomic mass is 16.5. The van der Waals surface area contributed by atoms with Crippen molar-refractivity contribution in [3.8, 4) is 0 Å². The maximum atomic E-state index is 11.7. The third-order valence-electron chi connectivity index (χ3n) is 3.26. The smallest absolute Gasteiger partial charge is 0.244 e. The Morgan fingerprint density at radius 1 is 1.13 bits per heavy atom. The van der Waals surface area contributed by atoms with Crippen molar-refractivity contribution in [3.63, 3.8) is 0 Å². The van der Waals surface area contributed by atoms with E-state index >= 15 is 0 Å². The first kappa shape index (κ1) is 18.9. The van der Waals surface area contributed by atoms with E-state index in [1.165, 1.54) is 11.6 Å². The van der Waals surface area contributed by atoms with E-state index in [1.54, 1.807) is 13.2 Å². The number of hydrogen-bond donors (Lipinski definition) is 2. The van der Waals surface area contributed by atoms with Crippen LogP contribution in [0.1, 0.15) is 31.9 Å². The van der Waals surface area contributed by atoms with Gasteiger partial charge in [0.05, 0.1) is 13.2 Å². The molecule has 23 heavy (non-hydrogen) atoms. The van der Waals surface area contributed by atoms with Crippen molar-refractivity contribution in [2.75, 3.05) is 26.8 Å². The molecule has 5 heteroatoms. The Labute approximate surface area is 138 Å².